The Bertz CT molecular complexity index is 670. The van der Waals surface area contributed by atoms with Crippen LogP contribution in [0.5, 0.6) is 0 Å². The predicted molar refractivity (Wildman–Crippen MR) is 76.2 cm³/mol. The van der Waals surface area contributed by atoms with E-state index in [-0.39, 0.29) is 0 Å². The van der Waals surface area contributed by atoms with Gasteiger partial charge < -0.3 is 5.32 Å². The first-order valence-corrected chi connectivity index (χ1v) is 6.47. The molecule has 0 radical (unpaired) electrons. The maximum atomic E-state index is 4.48. The van der Waals surface area contributed by atoms with Crippen LogP contribution >= 0.6 is 0 Å². The fraction of sp³-hybridized carbons (Fsp3) is 0.200. The zero-order valence-electron chi connectivity index (χ0n) is 10.9. The molecule has 4 nitrogen and oxygen atoms in total. The Morgan fingerprint density at radius 2 is 2.00 bits per heavy atom. The summed E-state index contributed by atoms with van der Waals surface area (Å²) in [6, 6.07) is 12.2. The number of para-hydroxylation sites is 1. The Balaban J connectivity index is 1.93. The second-order valence-electron chi connectivity index (χ2n) is 4.42. The summed E-state index contributed by atoms with van der Waals surface area (Å²) >= 11 is 0. The van der Waals surface area contributed by atoms with Crippen LogP contribution in [0, 0.1) is 0 Å². The van der Waals surface area contributed by atoms with Crippen LogP contribution in [0.1, 0.15) is 12.5 Å². The number of fused-ring (bicyclic) bond motifs is 1. The molecule has 0 spiro atoms. The van der Waals surface area contributed by atoms with Crippen molar-refractivity contribution >= 4 is 10.9 Å². The zero-order valence-corrected chi connectivity index (χ0v) is 10.9. The lowest BCUT2D eigenvalue weighted by Gasteiger charge is -2.05. The summed E-state index contributed by atoms with van der Waals surface area (Å²) in [6.45, 7) is 3.91. The molecule has 3 rings (SSSR count). The van der Waals surface area contributed by atoms with Crippen molar-refractivity contribution in [2.75, 3.05) is 6.54 Å². The second-order valence-corrected chi connectivity index (χ2v) is 4.42. The summed E-state index contributed by atoms with van der Waals surface area (Å²) in [5.41, 5.74) is 2.26. The number of rotatable bonds is 4. The number of pyridine rings is 1. The van der Waals surface area contributed by atoms with Crippen molar-refractivity contribution in [1.29, 1.82) is 0 Å². The third-order valence-electron chi connectivity index (χ3n) is 3.08. The van der Waals surface area contributed by atoms with Crippen LogP contribution in [-0.2, 0) is 6.54 Å². The van der Waals surface area contributed by atoms with Gasteiger partial charge in [0.25, 0.3) is 0 Å². The highest BCUT2D eigenvalue weighted by Crippen LogP contribution is 2.16. The van der Waals surface area contributed by atoms with Crippen LogP contribution in [0.15, 0.2) is 48.8 Å². The van der Waals surface area contributed by atoms with Gasteiger partial charge in [0.2, 0.25) is 0 Å². The minimum Gasteiger partial charge on any atom is -0.313 e. The van der Waals surface area contributed by atoms with Crippen LogP contribution in [-0.4, -0.2) is 21.3 Å². The predicted octanol–water partition coefficient (Wildman–Crippen LogP) is 2.53. The van der Waals surface area contributed by atoms with Gasteiger partial charge in [-0.2, -0.15) is 5.10 Å². The molecule has 3 aromatic rings. The van der Waals surface area contributed by atoms with E-state index >= 15 is 0 Å². The topological polar surface area (TPSA) is 42.7 Å². The molecule has 0 aliphatic rings. The van der Waals surface area contributed by atoms with Crippen molar-refractivity contribution in [3.63, 3.8) is 0 Å². The smallest absolute Gasteiger partial charge is 0.153 e. The molecule has 96 valence electrons. The molecule has 0 aliphatic carbocycles. The third kappa shape index (κ3) is 2.35. The molecule has 0 amide bonds. The number of aromatic nitrogens is 3. The van der Waals surface area contributed by atoms with E-state index in [0.29, 0.717) is 0 Å². The lowest BCUT2D eigenvalue weighted by atomic mass is 10.2. The van der Waals surface area contributed by atoms with Crippen molar-refractivity contribution in [2.45, 2.75) is 13.5 Å². The number of benzene rings is 1. The van der Waals surface area contributed by atoms with Crippen LogP contribution in [0.25, 0.3) is 16.7 Å². The summed E-state index contributed by atoms with van der Waals surface area (Å²) in [4.78, 5) is 4.48. The average molecular weight is 252 g/mol. The van der Waals surface area contributed by atoms with E-state index < -0.39 is 0 Å². The van der Waals surface area contributed by atoms with Crippen molar-refractivity contribution < 1.29 is 0 Å². The van der Waals surface area contributed by atoms with Gasteiger partial charge in [0, 0.05) is 18.1 Å². The van der Waals surface area contributed by atoms with Crippen LogP contribution in [0.4, 0.5) is 0 Å². The Kier molecular flexibility index (Phi) is 3.25. The molecule has 2 aromatic heterocycles. The van der Waals surface area contributed by atoms with Gasteiger partial charge >= 0.3 is 0 Å². The standard InChI is InChI=1S/C15H16N4/c1-2-16-9-12-7-8-15(17-10-12)19-14-6-4-3-5-13(14)11-18-19/h3-8,10-11,16H,2,9H2,1H3. The quantitative estimate of drug-likeness (QED) is 0.776. The largest absolute Gasteiger partial charge is 0.313 e. The van der Waals surface area contributed by atoms with Crippen LogP contribution in [0.3, 0.4) is 0 Å². The second kappa shape index (κ2) is 5.20. The minimum atomic E-state index is 0.849. The SMILES string of the molecule is CCNCc1ccc(-n2ncc3ccccc32)nc1. The Morgan fingerprint density at radius 1 is 1.11 bits per heavy atom. The lowest BCUT2D eigenvalue weighted by Crippen LogP contribution is -2.12. The molecule has 0 unspecified atom stereocenters. The molecular weight excluding hydrogens is 236 g/mol. The fourth-order valence-corrected chi connectivity index (χ4v) is 2.07. The van der Waals surface area contributed by atoms with Crippen LogP contribution < -0.4 is 5.32 Å². The minimum absolute atomic E-state index is 0.849. The number of hydrogen-bond acceptors (Lipinski definition) is 3. The van der Waals surface area contributed by atoms with Gasteiger partial charge in [-0.25, -0.2) is 9.67 Å². The molecule has 0 atom stereocenters. The van der Waals surface area contributed by atoms with Gasteiger partial charge in [-0.3, -0.25) is 0 Å². The van der Waals surface area contributed by atoms with Gasteiger partial charge in [-0.1, -0.05) is 31.2 Å². The Hall–Kier alpha value is -2.20. The van der Waals surface area contributed by atoms with Gasteiger partial charge in [-0.05, 0) is 24.2 Å². The highest BCUT2D eigenvalue weighted by Gasteiger charge is 2.04. The van der Waals surface area contributed by atoms with Gasteiger partial charge in [-0.15, -0.1) is 0 Å². The normalized spacial score (nSPS) is 11.0. The molecule has 0 fully saturated rings. The third-order valence-corrected chi connectivity index (χ3v) is 3.08. The summed E-state index contributed by atoms with van der Waals surface area (Å²) in [5, 5.41) is 8.81. The van der Waals surface area contributed by atoms with Crippen LogP contribution in [0.2, 0.25) is 0 Å². The average Bonchev–Trinajstić information content (AvgIpc) is 2.90. The fourth-order valence-electron chi connectivity index (χ4n) is 2.07. The Morgan fingerprint density at radius 3 is 2.79 bits per heavy atom. The van der Waals surface area contributed by atoms with E-state index in [4.69, 9.17) is 0 Å². The van der Waals surface area contributed by atoms with Gasteiger partial charge in [0.15, 0.2) is 5.82 Å². The Labute approximate surface area is 112 Å². The monoisotopic (exact) mass is 252 g/mol. The van der Waals surface area contributed by atoms with E-state index in [1.807, 2.05) is 35.3 Å². The summed E-state index contributed by atoms with van der Waals surface area (Å²) in [5.74, 6) is 0.849. The van der Waals surface area contributed by atoms with Crippen molar-refractivity contribution in [1.82, 2.24) is 20.1 Å². The molecular formula is C15H16N4. The van der Waals surface area contributed by atoms with E-state index in [1.54, 1.807) is 0 Å². The van der Waals surface area contributed by atoms with E-state index in [0.717, 1.165) is 29.8 Å². The van der Waals surface area contributed by atoms with E-state index in [9.17, 15) is 0 Å². The molecule has 19 heavy (non-hydrogen) atoms. The van der Waals surface area contributed by atoms with Crippen molar-refractivity contribution in [3.8, 4) is 5.82 Å². The summed E-state index contributed by atoms with van der Waals surface area (Å²) in [6.07, 6.45) is 3.76. The van der Waals surface area contributed by atoms with Crippen molar-refractivity contribution in [3.05, 3.63) is 54.4 Å². The van der Waals surface area contributed by atoms with E-state index in [2.05, 4.69) is 40.5 Å². The molecule has 0 aliphatic heterocycles. The van der Waals surface area contributed by atoms with Crippen molar-refractivity contribution in [2.24, 2.45) is 0 Å². The highest BCUT2D eigenvalue weighted by atomic mass is 15.3. The lowest BCUT2D eigenvalue weighted by molar-refractivity contribution is 0.723. The molecule has 0 saturated heterocycles. The summed E-state index contributed by atoms with van der Waals surface area (Å²) in [7, 11) is 0. The van der Waals surface area contributed by atoms with E-state index in [1.165, 1.54) is 5.56 Å². The number of nitrogens with one attached hydrogen (secondary N) is 1. The molecule has 1 aromatic carbocycles. The highest BCUT2D eigenvalue weighted by molar-refractivity contribution is 5.79. The number of hydrogen-bond donors (Lipinski definition) is 1. The zero-order chi connectivity index (χ0) is 13.1. The first-order chi connectivity index (χ1) is 9.38. The summed E-state index contributed by atoms with van der Waals surface area (Å²) < 4.78 is 1.87. The van der Waals surface area contributed by atoms with Gasteiger partial charge in [0.05, 0.1) is 11.7 Å². The molecule has 0 bridgehead atoms. The molecule has 0 saturated carbocycles. The molecule has 4 heteroatoms. The molecule has 2 heterocycles. The number of nitrogens with zero attached hydrogens (tertiary/aromatic N) is 3. The maximum absolute atomic E-state index is 4.48. The molecule has 1 N–H and O–H groups in total. The first-order valence-electron chi connectivity index (χ1n) is 6.47. The van der Waals surface area contributed by atoms with Gasteiger partial charge in [0.1, 0.15) is 0 Å². The maximum Gasteiger partial charge on any atom is 0.153 e. The first kappa shape index (κ1) is 11.9.